The van der Waals surface area contributed by atoms with Crippen molar-refractivity contribution in [3.05, 3.63) is 0 Å². The second-order valence-electron chi connectivity index (χ2n) is 3.14. The lowest BCUT2D eigenvalue weighted by Crippen LogP contribution is -2.12. The van der Waals surface area contributed by atoms with Crippen LogP contribution >= 0.6 is 31.9 Å². The number of rotatable bonds is 3. The zero-order valence-electron chi connectivity index (χ0n) is 6.36. The molecule has 0 amide bonds. The molecule has 0 aromatic heterocycles. The van der Waals surface area contributed by atoms with Crippen LogP contribution in [0.25, 0.3) is 0 Å². The molecule has 3 heteroatoms. The van der Waals surface area contributed by atoms with Crippen LogP contribution in [-0.4, -0.2) is 16.4 Å². The molecule has 1 aliphatic rings. The van der Waals surface area contributed by atoms with Gasteiger partial charge in [-0.25, -0.2) is 0 Å². The van der Waals surface area contributed by atoms with E-state index in [1.807, 2.05) is 0 Å². The summed E-state index contributed by atoms with van der Waals surface area (Å²) in [5.74, 6) is 2.44. The molecule has 0 saturated heterocycles. The van der Waals surface area contributed by atoms with Crippen LogP contribution in [0.2, 0.25) is 0 Å². The fourth-order valence-electron chi connectivity index (χ4n) is 0.938. The van der Waals surface area contributed by atoms with E-state index in [-0.39, 0.29) is 8.65 Å². The van der Waals surface area contributed by atoms with Crippen LogP contribution in [0.15, 0.2) is 0 Å². The summed E-state index contributed by atoms with van der Waals surface area (Å²) in [6.07, 6.45) is 6.14. The van der Waals surface area contributed by atoms with Crippen LogP contribution in [0.1, 0.15) is 13.3 Å². The molecule has 62 valence electrons. The molecular formula is C8H10Br2O. The van der Waals surface area contributed by atoms with Crippen molar-refractivity contribution in [1.29, 1.82) is 0 Å². The molecule has 0 aromatic rings. The summed E-state index contributed by atoms with van der Waals surface area (Å²) >= 11 is 7.09. The van der Waals surface area contributed by atoms with Gasteiger partial charge in [-0.3, -0.25) is 0 Å². The summed E-state index contributed by atoms with van der Waals surface area (Å²) in [6.45, 7) is 3.28. The van der Waals surface area contributed by atoms with E-state index < -0.39 is 0 Å². The zero-order chi connectivity index (χ0) is 8.54. The second-order valence-corrected chi connectivity index (χ2v) is 6.91. The Balaban J connectivity index is 2.25. The Morgan fingerprint density at radius 2 is 2.18 bits per heavy atom. The average Bonchev–Trinajstić information content (AvgIpc) is 2.33. The molecule has 0 aliphatic heterocycles. The first-order chi connectivity index (χ1) is 5.02. The van der Waals surface area contributed by atoms with Crippen molar-refractivity contribution in [2.75, 3.05) is 13.2 Å². The van der Waals surface area contributed by atoms with E-state index in [9.17, 15) is 0 Å². The molecule has 1 fully saturated rings. The fourth-order valence-corrected chi connectivity index (χ4v) is 2.40. The van der Waals surface area contributed by atoms with Gasteiger partial charge < -0.3 is 4.74 Å². The Morgan fingerprint density at radius 1 is 1.64 bits per heavy atom. The van der Waals surface area contributed by atoms with E-state index >= 15 is 0 Å². The minimum absolute atomic E-state index is 0.0849. The SMILES string of the molecule is C#CCOCC1(C)CC1(Br)Br. The molecule has 0 spiro atoms. The number of hydrogen-bond donors (Lipinski definition) is 0. The molecule has 1 aliphatic carbocycles. The molecule has 1 unspecified atom stereocenters. The molecular weight excluding hydrogens is 272 g/mol. The third kappa shape index (κ3) is 1.99. The van der Waals surface area contributed by atoms with Crippen LogP contribution in [0.5, 0.6) is 0 Å². The Kier molecular flexibility index (Phi) is 2.68. The summed E-state index contributed by atoms with van der Waals surface area (Å²) in [4.78, 5) is 0. The first kappa shape index (κ1) is 9.57. The largest absolute Gasteiger partial charge is 0.368 e. The van der Waals surface area contributed by atoms with Crippen LogP contribution in [-0.2, 0) is 4.74 Å². The maximum atomic E-state index is 5.25. The summed E-state index contributed by atoms with van der Waals surface area (Å²) in [6, 6.07) is 0. The van der Waals surface area contributed by atoms with Crippen molar-refractivity contribution in [1.82, 2.24) is 0 Å². The monoisotopic (exact) mass is 280 g/mol. The highest BCUT2D eigenvalue weighted by Crippen LogP contribution is 2.66. The Bertz CT molecular complexity index is 195. The molecule has 1 saturated carbocycles. The molecule has 0 bridgehead atoms. The van der Waals surface area contributed by atoms with E-state index in [1.165, 1.54) is 0 Å². The molecule has 0 aromatic carbocycles. The van der Waals surface area contributed by atoms with Crippen molar-refractivity contribution in [3.8, 4) is 12.3 Å². The maximum absolute atomic E-state index is 5.25. The summed E-state index contributed by atoms with van der Waals surface area (Å²) in [5, 5.41) is 0. The zero-order valence-corrected chi connectivity index (χ0v) is 9.53. The number of terminal acetylenes is 1. The van der Waals surface area contributed by atoms with Gasteiger partial charge in [-0.1, -0.05) is 44.7 Å². The minimum Gasteiger partial charge on any atom is -0.368 e. The fraction of sp³-hybridized carbons (Fsp3) is 0.750. The van der Waals surface area contributed by atoms with E-state index in [1.54, 1.807) is 0 Å². The molecule has 0 heterocycles. The quantitative estimate of drug-likeness (QED) is 0.439. The van der Waals surface area contributed by atoms with Gasteiger partial charge in [-0.15, -0.1) is 6.42 Å². The van der Waals surface area contributed by atoms with E-state index in [4.69, 9.17) is 11.2 Å². The molecule has 11 heavy (non-hydrogen) atoms. The smallest absolute Gasteiger partial charge is 0.107 e. The number of ether oxygens (including phenoxy) is 1. The second kappa shape index (κ2) is 3.08. The van der Waals surface area contributed by atoms with Gasteiger partial charge in [0.25, 0.3) is 0 Å². The maximum Gasteiger partial charge on any atom is 0.107 e. The Hall–Kier alpha value is 0.480. The Morgan fingerprint density at radius 3 is 2.55 bits per heavy atom. The summed E-state index contributed by atoms with van der Waals surface area (Å²) < 4.78 is 5.33. The molecule has 1 rings (SSSR count). The van der Waals surface area contributed by atoms with Crippen molar-refractivity contribution in [2.45, 2.75) is 16.6 Å². The van der Waals surface area contributed by atoms with Gasteiger partial charge in [-0.2, -0.15) is 0 Å². The molecule has 0 radical (unpaired) electrons. The lowest BCUT2D eigenvalue weighted by molar-refractivity contribution is 0.124. The molecule has 1 atom stereocenters. The van der Waals surface area contributed by atoms with Gasteiger partial charge in [0.15, 0.2) is 0 Å². The topological polar surface area (TPSA) is 9.23 Å². The van der Waals surface area contributed by atoms with E-state index in [0.717, 1.165) is 6.42 Å². The third-order valence-electron chi connectivity index (χ3n) is 1.98. The van der Waals surface area contributed by atoms with Crippen molar-refractivity contribution in [2.24, 2.45) is 5.41 Å². The van der Waals surface area contributed by atoms with E-state index in [2.05, 4.69) is 44.7 Å². The Labute approximate surface area is 84.1 Å². The highest BCUT2D eigenvalue weighted by Gasteiger charge is 2.61. The van der Waals surface area contributed by atoms with Crippen LogP contribution < -0.4 is 0 Å². The van der Waals surface area contributed by atoms with Crippen molar-refractivity contribution in [3.63, 3.8) is 0 Å². The van der Waals surface area contributed by atoms with Gasteiger partial charge >= 0.3 is 0 Å². The van der Waals surface area contributed by atoms with Crippen LogP contribution in [0, 0.1) is 17.8 Å². The van der Waals surface area contributed by atoms with Gasteiger partial charge in [0.05, 0.1) is 9.84 Å². The van der Waals surface area contributed by atoms with Crippen molar-refractivity contribution < 1.29 is 4.74 Å². The van der Waals surface area contributed by atoms with Crippen molar-refractivity contribution >= 4 is 31.9 Å². The van der Waals surface area contributed by atoms with Gasteiger partial charge in [0, 0.05) is 5.41 Å². The highest BCUT2D eigenvalue weighted by molar-refractivity contribution is 9.25. The average molecular weight is 282 g/mol. The number of hydrogen-bond acceptors (Lipinski definition) is 1. The van der Waals surface area contributed by atoms with E-state index in [0.29, 0.717) is 13.2 Å². The number of halogens is 2. The predicted molar refractivity (Wildman–Crippen MR) is 53.0 cm³/mol. The lowest BCUT2D eigenvalue weighted by atomic mass is 10.2. The normalized spacial score (nSPS) is 32.9. The highest BCUT2D eigenvalue weighted by atomic mass is 79.9. The predicted octanol–water partition coefficient (Wildman–Crippen LogP) is 2.53. The molecule has 0 N–H and O–H groups in total. The standard InChI is InChI=1S/C8H10Br2O/c1-3-4-11-6-7(2)5-8(7,9)10/h1H,4-6H2,2H3. The minimum atomic E-state index is 0.0849. The molecule has 1 nitrogen and oxygen atoms in total. The summed E-state index contributed by atoms with van der Waals surface area (Å²) in [5.41, 5.74) is 0.212. The van der Waals surface area contributed by atoms with Crippen LogP contribution in [0.3, 0.4) is 0 Å². The number of alkyl halides is 2. The summed E-state index contributed by atoms with van der Waals surface area (Å²) in [7, 11) is 0. The van der Waals surface area contributed by atoms with Gasteiger partial charge in [0.1, 0.15) is 6.61 Å². The first-order valence-corrected chi connectivity index (χ1v) is 4.99. The van der Waals surface area contributed by atoms with Crippen LogP contribution in [0.4, 0.5) is 0 Å². The first-order valence-electron chi connectivity index (χ1n) is 3.41. The third-order valence-corrected chi connectivity index (χ3v) is 4.45. The van der Waals surface area contributed by atoms with Gasteiger partial charge in [0.2, 0.25) is 0 Å². The lowest BCUT2D eigenvalue weighted by Gasteiger charge is -2.10. The van der Waals surface area contributed by atoms with Gasteiger partial charge in [-0.05, 0) is 6.42 Å².